The monoisotopic (exact) mass is 616 g/mol. The molecule has 0 aromatic rings. The van der Waals surface area contributed by atoms with E-state index in [0.29, 0.717) is 19.3 Å². The normalized spacial score (nSPS) is 13.6. The summed E-state index contributed by atoms with van der Waals surface area (Å²) in [6.45, 7) is 4.04. The number of esters is 2. The fraction of sp³-hybridized carbons (Fsp3) is 0.684. The van der Waals surface area contributed by atoms with Gasteiger partial charge < -0.3 is 19.7 Å². The van der Waals surface area contributed by atoms with Gasteiger partial charge >= 0.3 is 11.9 Å². The largest absolute Gasteiger partial charge is 0.463 e. The second-order valence-corrected chi connectivity index (χ2v) is 11.5. The van der Waals surface area contributed by atoms with Crippen molar-refractivity contribution in [3.8, 4) is 0 Å². The van der Waals surface area contributed by atoms with E-state index in [1.165, 1.54) is 57.8 Å². The lowest BCUT2D eigenvalue weighted by atomic mass is 10.0. The first-order valence-corrected chi connectivity index (χ1v) is 17.4. The van der Waals surface area contributed by atoms with Crippen molar-refractivity contribution in [2.75, 3.05) is 13.2 Å². The van der Waals surface area contributed by atoms with Gasteiger partial charge in [-0.2, -0.15) is 0 Å². The van der Waals surface area contributed by atoms with Gasteiger partial charge in [0.2, 0.25) is 0 Å². The van der Waals surface area contributed by atoms with Crippen LogP contribution in [0, 0.1) is 0 Å². The van der Waals surface area contributed by atoms with Gasteiger partial charge in [-0.1, -0.05) is 145 Å². The van der Waals surface area contributed by atoms with Gasteiger partial charge in [-0.25, -0.2) is 0 Å². The molecule has 2 atom stereocenters. The molecule has 0 aromatic carbocycles. The Morgan fingerprint density at radius 3 is 1.73 bits per heavy atom. The number of allylic oxidation sites excluding steroid dienone is 8. The zero-order valence-electron chi connectivity index (χ0n) is 28.0. The first kappa shape index (κ1) is 41.6. The lowest BCUT2D eigenvalue weighted by molar-refractivity contribution is -0.152. The maximum Gasteiger partial charge on any atom is 0.305 e. The average Bonchev–Trinajstić information content (AvgIpc) is 3.02. The number of rotatable bonds is 30. The van der Waals surface area contributed by atoms with Gasteiger partial charge in [0.15, 0.2) is 0 Å². The summed E-state index contributed by atoms with van der Waals surface area (Å²) >= 11 is 0. The minimum atomic E-state index is -1.00. The number of unbranched alkanes of at least 4 members (excludes halogenated alkanes) is 12. The molecule has 0 rings (SSSR count). The van der Waals surface area contributed by atoms with Gasteiger partial charge in [-0.05, 0) is 44.9 Å². The van der Waals surface area contributed by atoms with Gasteiger partial charge in [0.1, 0.15) is 19.3 Å². The number of ether oxygens (including phenoxy) is 2. The molecule has 0 radical (unpaired) electrons. The van der Waals surface area contributed by atoms with Crippen molar-refractivity contribution in [3.05, 3.63) is 60.8 Å². The van der Waals surface area contributed by atoms with Crippen molar-refractivity contribution in [2.24, 2.45) is 0 Å². The van der Waals surface area contributed by atoms with Crippen molar-refractivity contribution in [1.29, 1.82) is 0 Å². The van der Waals surface area contributed by atoms with E-state index < -0.39 is 12.2 Å². The highest BCUT2D eigenvalue weighted by Crippen LogP contribution is 2.13. The molecule has 2 N–H and O–H groups in total. The van der Waals surface area contributed by atoms with E-state index >= 15 is 0 Å². The van der Waals surface area contributed by atoms with E-state index in [4.69, 9.17) is 9.47 Å². The molecule has 0 saturated carbocycles. The molecule has 0 fully saturated rings. The minimum Gasteiger partial charge on any atom is -0.463 e. The molecule has 0 saturated heterocycles. The summed E-state index contributed by atoms with van der Waals surface area (Å²) in [4.78, 5) is 23.8. The summed E-state index contributed by atoms with van der Waals surface area (Å²) in [6.07, 6.45) is 38.7. The van der Waals surface area contributed by atoms with Gasteiger partial charge in [0.25, 0.3) is 0 Å². The Balaban J connectivity index is 3.65. The highest BCUT2D eigenvalue weighted by molar-refractivity contribution is 5.69. The Hall–Kier alpha value is -2.44. The maximum atomic E-state index is 11.9. The zero-order valence-corrected chi connectivity index (χ0v) is 28.0. The standard InChI is InChI=1S/C38H64O6/c1-3-5-7-9-11-12-13-14-15-19-23-27-31-37(41)43-33-36(40)34-44-38(42)32-28-24-20-17-16-18-22-26-30-35(39)29-25-21-10-8-6-4-2/h6,8,17-18,20-22,25-26,30,35-36,39-40H,3-5,7,9-16,19,23-24,27-29,31-34H2,1-2H3/b8-6-,20-17-,22-18-,25-21-,30-26+/t35?,36-/m0/s1. The highest BCUT2D eigenvalue weighted by Gasteiger charge is 2.12. The van der Waals surface area contributed by atoms with Crippen LogP contribution in [0.4, 0.5) is 0 Å². The Kier molecular flexibility index (Phi) is 31.6. The Labute approximate surface area is 269 Å². The third-order valence-corrected chi connectivity index (χ3v) is 7.10. The maximum absolute atomic E-state index is 11.9. The van der Waals surface area contributed by atoms with Crippen molar-refractivity contribution in [3.63, 3.8) is 0 Å². The zero-order chi connectivity index (χ0) is 32.4. The van der Waals surface area contributed by atoms with Crippen LogP contribution in [-0.4, -0.2) is 47.6 Å². The van der Waals surface area contributed by atoms with Crippen LogP contribution >= 0.6 is 0 Å². The van der Waals surface area contributed by atoms with Crippen LogP contribution in [0.5, 0.6) is 0 Å². The number of aliphatic hydroxyl groups is 2. The molecule has 0 heterocycles. The first-order chi connectivity index (χ1) is 21.5. The quantitative estimate of drug-likeness (QED) is 0.0361. The third kappa shape index (κ3) is 32.5. The van der Waals surface area contributed by atoms with E-state index in [0.717, 1.165) is 44.9 Å². The van der Waals surface area contributed by atoms with Crippen LogP contribution in [-0.2, 0) is 19.1 Å². The third-order valence-electron chi connectivity index (χ3n) is 7.10. The van der Waals surface area contributed by atoms with Crippen LogP contribution in [0.25, 0.3) is 0 Å². The van der Waals surface area contributed by atoms with Crippen molar-refractivity contribution < 1.29 is 29.3 Å². The van der Waals surface area contributed by atoms with Crippen LogP contribution in [0.3, 0.4) is 0 Å². The van der Waals surface area contributed by atoms with Crippen LogP contribution in [0.2, 0.25) is 0 Å². The lowest BCUT2D eigenvalue weighted by Gasteiger charge is -2.12. The van der Waals surface area contributed by atoms with Crippen molar-refractivity contribution in [1.82, 2.24) is 0 Å². The summed E-state index contributed by atoms with van der Waals surface area (Å²) in [5.41, 5.74) is 0. The minimum absolute atomic E-state index is 0.150. The SMILES string of the molecule is CC/C=C\C/C=C\CC(O)/C=C/C=C\C/C=C\CCCC(=O)OC[C@@H](O)COC(=O)CCCCCCCCCCCCCC. The Morgan fingerprint density at radius 2 is 1.11 bits per heavy atom. The predicted octanol–water partition coefficient (Wildman–Crippen LogP) is 9.42. The number of carbonyl (C=O) groups excluding carboxylic acids is 2. The molecule has 0 aromatic heterocycles. The van der Waals surface area contributed by atoms with Crippen molar-refractivity contribution in [2.45, 2.75) is 154 Å². The van der Waals surface area contributed by atoms with Crippen LogP contribution in [0.1, 0.15) is 142 Å². The van der Waals surface area contributed by atoms with E-state index in [9.17, 15) is 19.8 Å². The van der Waals surface area contributed by atoms with Crippen LogP contribution < -0.4 is 0 Å². The number of aliphatic hydroxyl groups excluding tert-OH is 2. The van der Waals surface area contributed by atoms with Gasteiger partial charge in [-0.15, -0.1) is 0 Å². The molecule has 0 amide bonds. The van der Waals surface area contributed by atoms with E-state index in [2.05, 4.69) is 32.1 Å². The summed E-state index contributed by atoms with van der Waals surface area (Å²) in [6, 6.07) is 0. The summed E-state index contributed by atoms with van der Waals surface area (Å²) in [5, 5.41) is 19.9. The molecule has 0 aliphatic heterocycles. The molecule has 252 valence electrons. The Bertz CT molecular complexity index is 810. The molecular formula is C38H64O6. The van der Waals surface area contributed by atoms with Gasteiger partial charge in [-0.3, -0.25) is 9.59 Å². The number of hydrogen-bond donors (Lipinski definition) is 2. The second kappa shape index (κ2) is 33.5. The fourth-order valence-corrected chi connectivity index (χ4v) is 4.44. The summed E-state index contributed by atoms with van der Waals surface area (Å²) in [7, 11) is 0. The number of carbonyl (C=O) groups is 2. The predicted molar refractivity (Wildman–Crippen MR) is 183 cm³/mol. The molecule has 44 heavy (non-hydrogen) atoms. The van der Waals surface area contributed by atoms with Crippen LogP contribution in [0.15, 0.2) is 60.8 Å². The lowest BCUT2D eigenvalue weighted by Crippen LogP contribution is -2.25. The fourth-order valence-electron chi connectivity index (χ4n) is 4.44. The van der Waals surface area contributed by atoms with E-state index in [1.807, 2.05) is 36.5 Å². The smallest absolute Gasteiger partial charge is 0.305 e. The van der Waals surface area contributed by atoms with Gasteiger partial charge in [0, 0.05) is 12.8 Å². The van der Waals surface area contributed by atoms with E-state index in [-0.39, 0.29) is 31.6 Å². The first-order valence-electron chi connectivity index (χ1n) is 17.4. The highest BCUT2D eigenvalue weighted by atomic mass is 16.6. The molecule has 0 bridgehead atoms. The molecule has 0 spiro atoms. The second-order valence-electron chi connectivity index (χ2n) is 11.5. The molecule has 1 unspecified atom stereocenters. The molecule has 0 aliphatic rings. The van der Waals surface area contributed by atoms with E-state index in [1.54, 1.807) is 6.08 Å². The molecular weight excluding hydrogens is 552 g/mol. The topological polar surface area (TPSA) is 93.1 Å². The van der Waals surface area contributed by atoms with Gasteiger partial charge in [0.05, 0.1) is 6.10 Å². The summed E-state index contributed by atoms with van der Waals surface area (Å²) in [5.74, 6) is -0.673. The Morgan fingerprint density at radius 1 is 0.591 bits per heavy atom. The molecule has 6 heteroatoms. The summed E-state index contributed by atoms with van der Waals surface area (Å²) < 4.78 is 10.2. The molecule has 6 nitrogen and oxygen atoms in total. The average molecular weight is 617 g/mol. The number of hydrogen-bond acceptors (Lipinski definition) is 6. The molecule has 0 aliphatic carbocycles. The van der Waals surface area contributed by atoms with Crippen molar-refractivity contribution >= 4 is 11.9 Å².